The monoisotopic (exact) mass is 475 g/mol. The fourth-order valence-corrected chi connectivity index (χ4v) is 3.51. The maximum Gasteiger partial charge on any atom is 0.408 e. The van der Waals surface area contributed by atoms with E-state index < -0.39 is 36.0 Å². The second-order valence-corrected chi connectivity index (χ2v) is 9.54. The highest BCUT2D eigenvalue weighted by atomic mass is 16.5. The summed E-state index contributed by atoms with van der Waals surface area (Å²) >= 11 is 0. The lowest BCUT2D eigenvalue weighted by atomic mass is 9.98. The average molecular weight is 476 g/mol. The van der Waals surface area contributed by atoms with Crippen LogP contribution in [0.25, 0.3) is 0 Å². The van der Waals surface area contributed by atoms with E-state index in [-0.39, 0.29) is 24.2 Å². The van der Waals surface area contributed by atoms with Crippen molar-refractivity contribution in [2.24, 2.45) is 11.8 Å². The fourth-order valence-electron chi connectivity index (χ4n) is 3.51. The standard InChI is InChI=1S/C26H41N3O5/c1-7-11-21(29-26(33)34-16-20-12-9-8-10-13-20)24(31)28-23(15-18(4)5)25(32)27-22(19(6)30)14-17(2)3/h8-10,12-13,17-18,21-23H,7,11,14-16H2,1-6H3,(H,27,32)(H,28,31)(H,29,33)/t21-,22-,23+/m0/s1. The van der Waals surface area contributed by atoms with Crippen molar-refractivity contribution in [1.29, 1.82) is 0 Å². The van der Waals surface area contributed by atoms with E-state index >= 15 is 0 Å². The number of Topliss-reactive ketones (excluding diaryl/α,β-unsaturated/α-hetero) is 1. The van der Waals surface area contributed by atoms with E-state index in [0.717, 1.165) is 5.56 Å². The molecule has 0 fully saturated rings. The van der Waals surface area contributed by atoms with E-state index in [0.29, 0.717) is 25.7 Å². The summed E-state index contributed by atoms with van der Waals surface area (Å²) in [4.78, 5) is 50.3. The topological polar surface area (TPSA) is 114 Å². The zero-order valence-corrected chi connectivity index (χ0v) is 21.4. The number of ether oxygens (including phenoxy) is 1. The Morgan fingerprint density at radius 3 is 1.85 bits per heavy atom. The van der Waals surface area contributed by atoms with Gasteiger partial charge in [0, 0.05) is 0 Å². The number of carbonyl (C=O) groups is 4. The molecule has 0 aliphatic heterocycles. The number of rotatable bonds is 14. The van der Waals surface area contributed by atoms with Crippen molar-refractivity contribution in [1.82, 2.24) is 16.0 Å². The Balaban J connectivity index is 2.82. The SMILES string of the molecule is CCC[C@H](NC(=O)OCc1ccccc1)C(=O)N[C@H](CC(C)C)C(=O)N[C@@H](CC(C)C)C(C)=O. The van der Waals surface area contributed by atoms with Crippen LogP contribution in [0.3, 0.4) is 0 Å². The molecule has 34 heavy (non-hydrogen) atoms. The molecule has 1 rings (SSSR count). The van der Waals surface area contributed by atoms with Crippen LogP contribution in [0.2, 0.25) is 0 Å². The first kappa shape index (κ1) is 29.1. The normalized spacial score (nSPS) is 13.6. The van der Waals surface area contributed by atoms with Crippen LogP contribution in [-0.2, 0) is 25.7 Å². The van der Waals surface area contributed by atoms with Gasteiger partial charge in [0.15, 0.2) is 5.78 Å². The Hall–Kier alpha value is -2.90. The second kappa shape index (κ2) is 15.1. The van der Waals surface area contributed by atoms with Crippen LogP contribution in [0.15, 0.2) is 30.3 Å². The van der Waals surface area contributed by atoms with Crippen LogP contribution in [-0.4, -0.2) is 41.8 Å². The van der Waals surface area contributed by atoms with Crippen LogP contribution in [0.5, 0.6) is 0 Å². The Morgan fingerprint density at radius 2 is 1.32 bits per heavy atom. The predicted molar refractivity (Wildman–Crippen MR) is 132 cm³/mol. The van der Waals surface area contributed by atoms with Gasteiger partial charge in [0.25, 0.3) is 0 Å². The number of hydrogen-bond acceptors (Lipinski definition) is 5. The molecule has 8 nitrogen and oxygen atoms in total. The number of carbonyl (C=O) groups excluding carboxylic acids is 4. The van der Waals surface area contributed by atoms with Gasteiger partial charge in [-0.25, -0.2) is 4.79 Å². The molecule has 0 bridgehead atoms. The number of alkyl carbamates (subject to hydrolysis) is 1. The predicted octanol–water partition coefficient (Wildman–Crippen LogP) is 3.73. The van der Waals surface area contributed by atoms with Gasteiger partial charge in [-0.2, -0.15) is 0 Å². The molecule has 8 heteroatoms. The molecular formula is C26H41N3O5. The van der Waals surface area contributed by atoms with Crippen molar-refractivity contribution in [2.75, 3.05) is 0 Å². The van der Waals surface area contributed by atoms with Gasteiger partial charge < -0.3 is 20.7 Å². The molecule has 0 spiro atoms. The summed E-state index contributed by atoms with van der Waals surface area (Å²) in [5.41, 5.74) is 0.837. The van der Waals surface area contributed by atoms with Gasteiger partial charge in [0.2, 0.25) is 11.8 Å². The van der Waals surface area contributed by atoms with E-state index in [4.69, 9.17) is 4.74 Å². The molecule has 3 atom stereocenters. The van der Waals surface area contributed by atoms with Crippen molar-refractivity contribution in [3.63, 3.8) is 0 Å². The van der Waals surface area contributed by atoms with Crippen LogP contribution >= 0.6 is 0 Å². The summed E-state index contributed by atoms with van der Waals surface area (Å²) < 4.78 is 5.24. The zero-order chi connectivity index (χ0) is 25.7. The Kier molecular flexibility index (Phi) is 12.9. The minimum absolute atomic E-state index is 0.0911. The summed E-state index contributed by atoms with van der Waals surface area (Å²) in [5.74, 6) is -0.617. The molecule has 0 saturated carbocycles. The van der Waals surface area contributed by atoms with Crippen molar-refractivity contribution in [3.8, 4) is 0 Å². The van der Waals surface area contributed by atoms with Crippen LogP contribution in [0, 0.1) is 11.8 Å². The Labute approximate surface area is 203 Å². The van der Waals surface area contributed by atoms with Gasteiger partial charge in [-0.1, -0.05) is 71.4 Å². The molecule has 0 aliphatic carbocycles. The number of amides is 3. The minimum atomic E-state index is -0.838. The molecule has 0 aliphatic rings. The second-order valence-electron chi connectivity index (χ2n) is 9.54. The number of hydrogen-bond donors (Lipinski definition) is 3. The lowest BCUT2D eigenvalue weighted by Crippen LogP contribution is -2.56. The molecule has 3 amide bonds. The molecule has 3 N–H and O–H groups in total. The van der Waals surface area contributed by atoms with E-state index in [2.05, 4.69) is 16.0 Å². The highest BCUT2D eigenvalue weighted by Crippen LogP contribution is 2.10. The van der Waals surface area contributed by atoms with Gasteiger partial charge in [-0.15, -0.1) is 0 Å². The summed E-state index contributed by atoms with van der Waals surface area (Å²) in [6.07, 6.45) is 1.28. The molecule has 190 valence electrons. The molecule has 0 heterocycles. The molecule has 0 saturated heterocycles. The van der Waals surface area contributed by atoms with Crippen molar-refractivity contribution >= 4 is 23.7 Å². The average Bonchev–Trinajstić information content (AvgIpc) is 2.76. The first-order chi connectivity index (χ1) is 16.0. The molecule has 1 aromatic rings. The Morgan fingerprint density at radius 1 is 0.794 bits per heavy atom. The van der Waals surface area contributed by atoms with E-state index in [9.17, 15) is 19.2 Å². The minimum Gasteiger partial charge on any atom is -0.445 e. The van der Waals surface area contributed by atoms with Gasteiger partial charge in [-0.3, -0.25) is 14.4 Å². The van der Waals surface area contributed by atoms with Gasteiger partial charge in [0.1, 0.15) is 18.7 Å². The first-order valence-corrected chi connectivity index (χ1v) is 12.1. The smallest absolute Gasteiger partial charge is 0.408 e. The van der Waals surface area contributed by atoms with Gasteiger partial charge in [0.05, 0.1) is 6.04 Å². The third-order valence-electron chi connectivity index (χ3n) is 5.25. The molecule has 1 aromatic carbocycles. The number of ketones is 1. The Bertz CT molecular complexity index is 795. The maximum absolute atomic E-state index is 13.0. The van der Waals surface area contributed by atoms with Crippen molar-refractivity contribution in [2.45, 2.75) is 92.0 Å². The summed E-state index contributed by atoms with van der Waals surface area (Å²) in [6, 6.07) is 6.99. The first-order valence-electron chi connectivity index (χ1n) is 12.1. The summed E-state index contributed by atoms with van der Waals surface area (Å²) in [6.45, 7) is 11.3. The molecule has 0 aromatic heterocycles. The van der Waals surface area contributed by atoms with Crippen LogP contribution in [0.1, 0.15) is 72.8 Å². The maximum atomic E-state index is 13.0. The van der Waals surface area contributed by atoms with Crippen LogP contribution in [0.4, 0.5) is 4.79 Å². The van der Waals surface area contributed by atoms with Gasteiger partial charge in [-0.05, 0) is 43.6 Å². The van der Waals surface area contributed by atoms with E-state index in [1.807, 2.05) is 65.0 Å². The van der Waals surface area contributed by atoms with Crippen LogP contribution < -0.4 is 16.0 Å². The van der Waals surface area contributed by atoms with E-state index in [1.165, 1.54) is 6.92 Å². The molecule has 0 radical (unpaired) electrons. The lowest BCUT2D eigenvalue weighted by molar-refractivity contribution is -0.132. The van der Waals surface area contributed by atoms with E-state index in [1.54, 1.807) is 0 Å². The number of benzene rings is 1. The fraction of sp³-hybridized carbons (Fsp3) is 0.615. The third kappa shape index (κ3) is 11.3. The highest BCUT2D eigenvalue weighted by molar-refractivity contribution is 5.93. The van der Waals surface area contributed by atoms with Crippen molar-refractivity contribution < 1.29 is 23.9 Å². The highest BCUT2D eigenvalue weighted by Gasteiger charge is 2.29. The quantitative estimate of drug-likeness (QED) is 0.379. The van der Waals surface area contributed by atoms with Gasteiger partial charge >= 0.3 is 6.09 Å². The largest absolute Gasteiger partial charge is 0.445 e. The molecular weight excluding hydrogens is 434 g/mol. The summed E-state index contributed by atoms with van der Waals surface area (Å²) in [7, 11) is 0. The molecule has 0 unspecified atom stereocenters. The third-order valence-corrected chi connectivity index (χ3v) is 5.25. The lowest BCUT2D eigenvalue weighted by Gasteiger charge is -2.26. The number of nitrogens with one attached hydrogen (secondary N) is 3. The summed E-state index contributed by atoms with van der Waals surface area (Å²) in [5, 5.41) is 8.18. The van der Waals surface area contributed by atoms with Crippen molar-refractivity contribution in [3.05, 3.63) is 35.9 Å². The zero-order valence-electron chi connectivity index (χ0n) is 21.4.